The SMILES string of the molecule is COc1ccc(Cl)cc1CN1CC(C(=O)O)CCC1=O. The molecule has 1 unspecified atom stereocenters. The molecular weight excluding hydrogens is 282 g/mol. The molecule has 0 spiro atoms. The van der Waals surface area contributed by atoms with Gasteiger partial charge in [-0.05, 0) is 24.6 Å². The van der Waals surface area contributed by atoms with E-state index in [1.807, 2.05) is 0 Å². The number of benzene rings is 1. The summed E-state index contributed by atoms with van der Waals surface area (Å²) >= 11 is 5.95. The smallest absolute Gasteiger partial charge is 0.308 e. The van der Waals surface area contributed by atoms with Crippen LogP contribution in [-0.2, 0) is 16.1 Å². The summed E-state index contributed by atoms with van der Waals surface area (Å²) in [7, 11) is 1.55. The highest BCUT2D eigenvalue weighted by atomic mass is 35.5. The maximum Gasteiger partial charge on any atom is 0.308 e. The first kappa shape index (κ1) is 14.7. The van der Waals surface area contributed by atoms with Gasteiger partial charge < -0.3 is 14.7 Å². The van der Waals surface area contributed by atoms with Crippen molar-refractivity contribution in [2.24, 2.45) is 5.92 Å². The van der Waals surface area contributed by atoms with Gasteiger partial charge in [-0.25, -0.2) is 0 Å². The molecule has 1 saturated heterocycles. The molecule has 1 aliphatic heterocycles. The highest BCUT2D eigenvalue weighted by Crippen LogP contribution is 2.26. The highest BCUT2D eigenvalue weighted by Gasteiger charge is 2.30. The van der Waals surface area contributed by atoms with Crippen LogP contribution in [0.25, 0.3) is 0 Å². The third-order valence-electron chi connectivity index (χ3n) is 3.45. The zero-order valence-corrected chi connectivity index (χ0v) is 11.9. The Bertz CT molecular complexity index is 532. The predicted molar refractivity (Wildman–Crippen MR) is 73.8 cm³/mol. The minimum Gasteiger partial charge on any atom is -0.496 e. The van der Waals surface area contributed by atoms with Gasteiger partial charge in [0.2, 0.25) is 5.91 Å². The Morgan fingerprint density at radius 1 is 1.55 bits per heavy atom. The molecule has 6 heteroatoms. The number of nitrogens with zero attached hydrogens (tertiary/aromatic N) is 1. The van der Waals surface area contributed by atoms with E-state index in [-0.39, 0.29) is 18.9 Å². The van der Waals surface area contributed by atoms with Crippen molar-refractivity contribution < 1.29 is 19.4 Å². The number of ether oxygens (including phenoxy) is 1. The number of methoxy groups -OCH3 is 1. The van der Waals surface area contributed by atoms with Crippen LogP contribution >= 0.6 is 11.6 Å². The fourth-order valence-electron chi connectivity index (χ4n) is 2.35. The van der Waals surface area contributed by atoms with Crippen LogP contribution in [0.15, 0.2) is 18.2 Å². The van der Waals surface area contributed by atoms with E-state index >= 15 is 0 Å². The van der Waals surface area contributed by atoms with Crippen molar-refractivity contribution in [1.29, 1.82) is 0 Å². The lowest BCUT2D eigenvalue weighted by Crippen LogP contribution is -2.42. The molecule has 1 amide bonds. The van der Waals surface area contributed by atoms with Crippen LogP contribution in [0.5, 0.6) is 5.75 Å². The molecule has 1 heterocycles. The van der Waals surface area contributed by atoms with Crippen molar-refractivity contribution in [3.05, 3.63) is 28.8 Å². The van der Waals surface area contributed by atoms with E-state index in [2.05, 4.69) is 0 Å². The lowest BCUT2D eigenvalue weighted by atomic mass is 9.97. The molecule has 0 bridgehead atoms. The van der Waals surface area contributed by atoms with Crippen molar-refractivity contribution in [3.63, 3.8) is 0 Å². The van der Waals surface area contributed by atoms with Gasteiger partial charge in [-0.3, -0.25) is 9.59 Å². The number of hydrogen-bond acceptors (Lipinski definition) is 3. The first-order chi connectivity index (χ1) is 9.51. The third-order valence-corrected chi connectivity index (χ3v) is 3.69. The van der Waals surface area contributed by atoms with E-state index in [1.165, 1.54) is 0 Å². The first-order valence-corrected chi connectivity index (χ1v) is 6.72. The van der Waals surface area contributed by atoms with Gasteiger partial charge in [0.1, 0.15) is 5.75 Å². The second kappa shape index (κ2) is 6.13. The quantitative estimate of drug-likeness (QED) is 0.925. The predicted octanol–water partition coefficient (Wildman–Crippen LogP) is 2.17. The molecule has 0 aliphatic carbocycles. The maximum atomic E-state index is 11.9. The van der Waals surface area contributed by atoms with Crippen LogP contribution in [-0.4, -0.2) is 35.5 Å². The number of carboxylic acids is 1. The molecular formula is C14H16ClNO4. The number of likely N-dealkylation sites (tertiary alicyclic amines) is 1. The number of piperidine rings is 1. The van der Waals surface area contributed by atoms with Crippen molar-refractivity contribution in [1.82, 2.24) is 4.90 Å². The minimum atomic E-state index is -0.861. The molecule has 1 aliphatic rings. The van der Waals surface area contributed by atoms with Crippen molar-refractivity contribution in [2.45, 2.75) is 19.4 Å². The molecule has 1 N–H and O–H groups in total. The van der Waals surface area contributed by atoms with Crippen LogP contribution < -0.4 is 4.74 Å². The van der Waals surface area contributed by atoms with Crippen LogP contribution in [0.4, 0.5) is 0 Å². The number of aliphatic carboxylic acids is 1. The molecule has 1 fully saturated rings. The largest absolute Gasteiger partial charge is 0.496 e. The number of hydrogen-bond donors (Lipinski definition) is 1. The molecule has 5 nitrogen and oxygen atoms in total. The van der Waals surface area contributed by atoms with Crippen molar-refractivity contribution in [2.75, 3.05) is 13.7 Å². The second-order valence-electron chi connectivity index (χ2n) is 4.80. The molecule has 0 saturated carbocycles. The van der Waals surface area contributed by atoms with Crippen LogP contribution in [0, 0.1) is 5.92 Å². The fourth-order valence-corrected chi connectivity index (χ4v) is 2.54. The van der Waals surface area contributed by atoms with Gasteiger partial charge in [0.15, 0.2) is 0 Å². The van der Waals surface area contributed by atoms with Crippen molar-refractivity contribution in [3.8, 4) is 5.75 Å². The second-order valence-corrected chi connectivity index (χ2v) is 5.24. The summed E-state index contributed by atoms with van der Waals surface area (Å²) in [5, 5.41) is 9.63. The molecule has 1 aromatic carbocycles. The molecule has 20 heavy (non-hydrogen) atoms. The van der Waals surface area contributed by atoms with Crippen LogP contribution in [0.3, 0.4) is 0 Å². The minimum absolute atomic E-state index is 0.0375. The summed E-state index contributed by atoms with van der Waals surface area (Å²) in [5.41, 5.74) is 0.777. The van der Waals surface area contributed by atoms with E-state index in [9.17, 15) is 9.59 Å². The van der Waals surface area contributed by atoms with Gasteiger partial charge in [0.25, 0.3) is 0 Å². The van der Waals surface area contributed by atoms with Gasteiger partial charge in [-0.1, -0.05) is 11.6 Å². The van der Waals surface area contributed by atoms with Gasteiger partial charge in [-0.2, -0.15) is 0 Å². The van der Waals surface area contributed by atoms with Gasteiger partial charge in [-0.15, -0.1) is 0 Å². The Hall–Kier alpha value is -1.75. The Labute approximate surface area is 122 Å². The van der Waals surface area contributed by atoms with Gasteiger partial charge >= 0.3 is 5.97 Å². The number of carbonyl (C=O) groups excluding carboxylic acids is 1. The third kappa shape index (κ3) is 3.22. The number of rotatable bonds is 4. The lowest BCUT2D eigenvalue weighted by molar-refractivity contribution is -0.147. The first-order valence-electron chi connectivity index (χ1n) is 6.34. The lowest BCUT2D eigenvalue weighted by Gasteiger charge is -2.31. The summed E-state index contributed by atoms with van der Waals surface area (Å²) in [6.07, 6.45) is 0.664. The average Bonchev–Trinajstić information content (AvgIpc) is 2.41. The van der Waals surface area contributed by atoms with Gasteiger partial charge in [0.05, 0.1) is 13.0 Å². The molecule has 1 aromatic rings. The molecule has 0 radical (unpaired) electrons. The number of carboxylic acid groups (broad SMARTS) is 1. The zero-order chi connectivity index (χ0) is 14.7. The Kier molecular flexibility index (Phi) is 4.49. The molecule has 108 valence electrons. The van der Waals surface area contributed by atoms with Crippen LogP contribution in [0.2, 0.25) is 5.02 Å². The van der Waals surface area contributed by atoms with E-state index in [0.29, 0.717) is 23.7 Å². The molecule has 2 rings (SSSR count). The zero-order valence-electron chi connectivity index (χ0n) is 11.1. The van der Waals surface area contributed by atoms with Crippen LogP contribution in [0.1, 0.15) is 18.4 Å². The van der Waals surface area contributed by atoms with E-state index in [4.69, 9.17) is 21.4 Å². The number of halogens is 1. The normalized spacial score (nSPS) is 19.0. The van der Waals surface area contributed by atoms with E-state index < -0.39 is 11.9 Å². The highest BCUT2D eigenvalue weighted by molar-refractivity contribution is 6.30. The van der Waals surface area contributed by atoms with E-state index in [0.717, 1.165) is 5.56 Å². The average molecular weight is 298 g/mol. The monoisotopic (exact) mass is 297 g/mol. The summed E-state index contributed by atoms with van der Waals surface area (Å²) in [5.74, 6) is -0.761. The molecule has 1 atom stereocenters. The topological polar surface area (TPSA) is 66.8 Å². The Morgan fingerprint density at radius 3 is 2.95 bits per heavy atom. The number of carbonyl (C=O) groups is 2. The summed E-state index contributed by atoms with van der Waals surface area (Å²) < 4.78 is 5.24. The standard InChI is InChI=1S/C14H16ClNO4/c1-20-12-4-3-11(15)6-10(12)8-16-7-9(14(18)19)2-5-13(16)17/h3-4,6,9H,2,5,7-8H2,1H3,(H,18,19). The Morgan fingerprint density at radius 2 is 2.30 bits per heavy atom. The summed E-state index contributed by atoms with van der Waals surface area (Å²) in [4.78, 5) is 24.5. The molecule has 0 aromatic heterocycles. The fraction of sp³-hybridized carbons (Fsp3) is 0.429. The van der Waals surface area contributed by atoms with Crippen molar-refractivity contribution >= 4 is 23.5 Å². The van der Waals surface area contributed by atoms with Gasteiger partial charge in [0, 0.05) is 30.1 Å². The summed E-state index contributed by atoms with van der Waals surface area (Å²) in [6, 6.07) is 5.18. The van der Waals surface area contributed by atoms with E-state index in [1.54, 1.807) is 30.2 Å². The summed E-state index contributed by atoms with van der Waals surface area (Å²) in [6.45, 7) is 0.538. The maximum absolute atomic E-state index is 11.9. The number of amides is 1. The Balaban J connectivity index is 2.17.